The van der Waals surface area contributed by atoms with Crippen LogP contribution in [0.3, 0.4) is 0 Å². The van der Waals surface area contributed by atoms with Crippen molar-refractivity contribution in [2.45, 2.75) is 25.6 Å². The number of rotatable bonds is 5. The predicted molar refractivity (Wildman–Crippen MR) is 109 cm³/mol. The van der Waals surface area contributed by atoms with Crippen molar-refractivity contribution in [3.05, 3.63) is 48.0 Å². The van der Waals surface area contributed by atoms with Gasteiger partial charge >= 0.3 is 6.18 Å². The van der Waals surface area contributed by atoms with Gasteiger partial charge in [0.2, 0.25) is 5.91 Å². The maximum atomic E-state index is 13.4. The fourth-order valence-corrected chi connectivity index (χ4v) is 4.83. The second kappa shape index (κ2) is 8.47. The van der Waals surface area contributed by atoms with Crippen LogP contribution in [0.15, 0.2) is 36.9 Å². The van der Waals surface area contributed by atoms with E-state index < -0.39 is 22.7 Å². The second-order valence-electron chi connectivity index (χ2n) is 8.58. The van der Waals surface area contributed by atoms with Crippen molar-refractivity contribution < 1.29 is 23.1 Å². The molecule has 0 unspecified atom stereocenters. The minimum absolute atomic E-state index is 0.00907. The van der Waals surface area contributed by atoms with Crippen molar-refractivity contribution in [3.63, 3.8) is 0 Å². The number of benzene rings is 1. The Balaban J connectivity index is 1.48. The topological polar surface area (TPSA) is 85.4 Å². The normalized spacial score (nSPS) is 23.2. The minimum Gasteiger partial charge on any atom is -0.396 e. The zero-order valence-corrected chi connectivity index (χ0v) is 17.4. The van der Waals surface area contributed by atoms with E-state index in [9.17, 15) is 23.1 Å². The van der Waals surface area contributed by atoms with E-state index in [2.05, 4.69) is 4.98 Å². The molecule has 0 saturated carbocycles. The highest BCUT2D eigenvalue weighted by Gasteiger charge is 2.50. The minimum atomic E-state index is -4.61. The number of carbonyl (C=O) groups is 1. The van der Waals surface area contributed by atoms with Gasteiger partial charge in [0.05, 0.1) is 30.1 Å². The van der Waals surface area contributed by atoms with Gasteiger partial charge in [0.1, 0.15) is 0 Å². The van der Waals surface area contributed by atoms with Crippen LogP contribution < -0.4 is 4.90 Å². The lowest BCUT2D eigenvalue weighted by Crippen LogP contribution is -2.49. The molecule has 2 aliphatic rings. The fraction of sp³-hybridized carbons (Fsp3) is 0.500. The molecule has 2 aliphatic heterocycles. The van der Waals surface area contributed by atoms with Gasteiger partial charge in [-0.1, -0.05) is 0 Å². The third-order valence-electron chi connectivity index (χ3n) is 6.74. The average molecular weight is 447 g/mol. The Morgan fingerprint density at radius 2 is 2.16 bits per heavy atom. The van der Waals surface area contributed by atoms with Gasteiger partial charge in [-0.25, -0.2) is 4.98 Å². The van der Waals surface area contributed by atoms with Gasteiger partial charge in [0.25, 0.3) is 0 Å². The number of anilines is 1. The lowest BCUT2D eigenvalue weighted by Gasteiger charge is -2.43. The van der Waals surface area contributed by atoms with E-state index in [0.29, 0.717) is 51.3 Å². The molecule has 32 heavy (non-hydrogen) atoms. The van der Waals surface area contributed by atoms with Crippen molar-refractivity contribution in [2.75, 3.05) is 37.7 Å². The molecule has 2 aromatic rings. The van der Waals surface area contributed by atoms with E-state index in [-0.39, 0.29) is 18.4 Å². The van der Waals surface area contributed by atoms with Gasteiger partial charge < -0.3 is 19.5 Å². The number of hydrogen-bond donors (Lipinski definition) is 1. The first kappa shape index (κ1) is 22.1. The third kappa shape index (κ3) is 4.17. The molecule has 10 heteroatoms. The average Bonchev–Trinajstić information content (AvgIpc) is 3.44. The quantitative estimate of drug-likeness (QED) is 0.762. The molecule has 2 saturated heterocycles. The SMILES string of the molecule is N#Cc1ccc(N2CC[C@@]3(CO)CN(C(=O)CCn4ccnc4)C[C@H]3C2)cc1C(F)(F)F. The molecule has 0 radical (unpaired) electrons. The molecule has 4 rings (SSSR count). The largest absolute Gasteiger partial charge is 0.417 e. The van der Waals surface area contributed by atoms with Crippen LogP contribution in [-0.4, -0.2) is 58.3 Å². The molecule has 1 aromatic carbocycles. The van der Waals surface area contributed by atoms with Crippen LogP contribution in [0.25, 0.3) is 0 Å². The van der Waals surface area contributed by atoms with E-state index in [4.69, 9.17) is 5.26 Å². The monoisotopic (exact) mass is 447 g/mol. The molecule has 0 bridgehead atoms. The zero-order valence-electron chi connectivity index (χ0n) is 17.4. The van der Waals surface area contributed by atoms with Crippen LogP contribution >= 0.6 is 0 Å². The lowest BCUT2D eigenvalue weighted by atomic mass is 9.73. The maximum absolute atomic E-state index is 13.4. The van der Waals surface area contributed by atoms with E-state index in [1.807, 2.05) is 9.47 Å². The summed E-state index contributed by atoms with van der Waals surface area (Å²) in [5.41, 5.74) is -1.40. The van der Waals surface area contributed by atoms with Crippen LogP contribution in [0.5, 0.6) is 0 Å². The van der Waals surface area contributed by atoms with Crippen molar-refractivity contribution in [2.24, 2.45) is 11.3 Å². The van der Waals surface area contributed by atoms with Crippen LogP contribution in [0, 0.1) is 22.7 Å². The first-order valence-electron chi connectivity index (χ1n) is 10.5. The summed E-state index contributed by atoms with van der Waals surface area (Å²) in [5.74, 6) is -0.0615. The highest BCUT2D eigenvalue weighted by Crippen LogP contribution is 2.44. The predicted octanol–water partition coefficient (Wildman–Crippen LogP) is 2.51. The first-order valence-corrected chi connectivity index (χ1v) is 10.5. The molecule has 2 atom stereocenters. The van der Waals surface area contributed by atoms with Gasteiger partial charge in [0.15, 0.2) is 0 Å². The Bertz CT molecular complexity index is 1020. The summed E-state index contributed by atoms with van der Waals surface area (Å²) in [7, 11) is 0. The number of hydrogen-bond acceptors (Lipinski definition) is 5. The number of likely N-dealkylation sites (tertiary alicyclic amines) is 1. The summed E-state index contributed by atoms with van der Waals surface area (Å²) < 4.78 is 42.0. The first-order chi connectivity index (χ1) is 15.3. The molecular weight excluding hydrogens is 423 g/mol. The number of imidazole rings is 1. The number of halogens is 3. The lowest BCUT2D eigenvalue weighted by molar-refractivity contribution is -0.137. The van der Waals surface area contributed by atoms with Crippen molar-refractivity contribution in [1.29, 1.82) is 5.26 Å². The number of aliphatic hydroxyl groups excluding tert-OH is 1. The van der Waals surface area contributed by atoms with Gasteiger partial charge in [-0.2, -0.15) is 18.4 Å². The number of aliphatic hydroxyl groups is 1. The summed E-state index contributed by atoms with van der Waals surface area (Å²) >= 11 is 0. The summed E-state index contributed by atoms with van der Waals surface area (Å²) in [4.78, 5) is 20.3. The molecular formula is C22H24F3N5O2. The number of alkyl halides is 3. The van der Waals surface area contributed by atoms with Gasteiger partial charge in [0, 0.05) is 68.6 Å². The maximum Gasteiger partial charge on any atom is 0.417 e. The molecule has 7 nitrogen and oxygen atoms in total. The van der Waals surface area contributed by atoms with Gasteiger partial charge in [-0.15, -0.1) is 0 Å². The highest BCUT2D eigenvalue weighted by molar-refractivity contribution is 5.76. The molecule has 1 N–H and O–H groups in total. The van der Waals surface area contributed by atoms with Gasteiger partial charge in [-0.3, -0.25) is 4.79 Å². The smallest absolute Gasteiger partial charge is 0.396 e. The second-order valence-corrected chi connectivity index (χ2v) is 8.58. The molecule has 1 amide bonds. The Hall–Kier alpha value is -3.06. The summed E-state index contributed by atoms with van der Waals surface area (Å²) in [5, 5.41) is 19.2. The Morgan fingerprint density at radius 1 is 1.34 bits per heavy atom. The number of piperidine rings is 1. The summed E-state index contributed by atoms with van der Waals surface area (Å²) in [6, 6.07) is 5.36. The Kier molecular flexibility index (Phi) is 5.86. The van der Waals surface area contributed by atoms with Gasteiger partial charge in [-0.05, 0) is 24.6 Å². The number of carbonyl (C=O) groups excluding carboxylic acids is 1. The van der Waals surface area contributed by atoms with E-state index in [0.717, 1.165) is 6.07 Å². The molecule has 170 valence electrons. The summed E-state index contributed by atoms with van der Waals surface area (Å²) in [6.45, 7) is 2.27. The molecule has 1 aromatic heterocycles. The molecule has 0 aliphatic carbocycles. The molecule has 0 spiro atoms. The van der Waals surface area contributed by atoms with Crippen molar-refractivity contribution >= 4 is 11.6 Å². The van der Waals surface area contributed by atoms with Crippen molar-refractivity contribution in [3.8, 4) is 6.07 Å². The summed E-state index contributed by atoms with van der Waals surface area (Å²) in [6.07, 6.45) is 1.36. The molecule has 2 fully saturated rings. The number of aromatic nitrogens is 2. The van der Waals surface area contributed by atoms with Crippen LogP contribution in [0.1, 0.15) is 24.0 Å². The van der Waals surface area contributed by atoms with Crippen LogP contribution in [-0.2, 0) is 17.5 Å². The number of amides is 1. The Labute approximate surface area is 183 Å². The fourth-order valence-electron chi connectivity index (χ4n) is 4.83. The van der Waals surface area contributed by atoms with E-state index in [1.165, 1.54) is 12.1 Å². The standard InChI is InChI=1S/C22H24F3N5O2/c23-22(24,25)19-9-18(2-1-16(19)10-26)29-7-4-21(14-31)13-30(12-17(21)11-29)20(32)3-6-28-8-5-27-15-28/h1-2,5,8-9,15,17,31H,3-4,6-7,11-14H2/t17-,21+/m1/s1. The van der Waals surface area contributed by atoms with E-state index >= 15 is 0 Å². The van der Waals surface area contributed by atoms with Crippen LogP contribution in [0.4, 0.5) is 18.9 Å². The third-order valence-corrected chi connectivity index (χ3v) is 6.74. The number of nitriles is 1. The van der Waals surface area contributed by atoms with E-state index in [1.54, 1.807) is 29.7 Å². The van der Waals surface area contributed by atoms with Crippen LogP contribution in [0.2, 0.25) is 0 Å². The van der Waals surface area contributed by atoms with Crippen molar-refractivity contribution in [1.82, 2.24) is 14.5 Å². The molecule has 3 heterocycles. The number of aryl methyl sites for hydroxylation is 1. The Morgan fingerprint density at radius 3 is 2.81 bits per heavy atom. The number of fused-ring (bicyclic) bond motifs is 1. The number of nitrogens with zero attached hydrogens (tertiary/aromatic N) is 5. The zero-order chi connectivity index (χ0) is 22.9. The highest BCUT2D eigenvalue weighted by atomic mass is 19.4.